The largest absolute Gasteiger partial charge is 0.487 e. The summed E-state index contributed by atoms with van der Waals surface area (Å²) >= 11 is 3.49. The summed E-state index contributed by atoms with van der Waals surface area (Å²) in [6, 6.07) is 5.93. The zero-order chi connectivity index (χ0) is 15.1. The Morgan fingerprint density at radius 1 is 1.35 bits per heavy atom. The molecule has 0 amide bonds. The van der Waals surface area contributed by atoms with Crippen molar-refractivity contribution in [1.82, 2.24) is 0 Å². The van der Waals surface area contributed by atoms with Gasteiger partial charge in [0.15, 0.2) is 0 Å². The number of halogens is 1. The zero-order valence-electron chi connectivity index (χ0n) is 12.9. The van der Waals surface area contributed by atoms with Crippen molar-refractivity contribution in [2.45, 2.75) is 64.4 Å². The van der Waals surface area contributed by atoms with Crippen LogP contribution in [0.15, 0.2) is 22.7 Å². The Bertz CT molecular complexity index is 497. The fraction of sp³-hybridized carbons (Fsp3) is 0.625. The first kappa shape index (κ1) is 15.8. The fourth-order valence-corrected chi connectivity index (χ4v) is 3.18. The third kappa shape index (κ3) is 3.35. The normalized spacial score (nSPS) is 25.4. The highest BCUT2D eigenvalue weighted by Crippen LogP contribution is 2.41. The van der Waals surface area contributed by atoms with Crippen LogP contribution in [-0.4, -0.2) is 17.3 Å². The van der Waals surface area contributed by atoms with Crippen LogP contribution in [0, 0.1) is 0 Å². The van der Waals surface area contributed by atoms with Gasteiger partial charge in [-0.1, -0.05) is 22.0 Å². The van der Waals surface area contributed by atoms with Crippen molar-refractivity contribution >= 4 is 15.9 Å². The number of rotatable bonds is 3. The number of nitrogens with two attached hydrogens (primary N) is 1. The number of hydrogen-bond acceptors (Lipinski definition) is 3. The van der Waals surface area contributed by atoms with Crippen LogP contribution in [0.25, 0.3) is 0 Å². The van der Waals surface area contributed by atoms with Gasteiger partial charge in [0.2, 0.25) is 0 Å². The van der Waals surface area contributed by atoms with Crippen molar-refractivity contribution in [2.75, 3.05) is 0 Å². The van der Waals surface area contributed by atoms with Crippen molar-refractivity contribution in [3.05, 3.63) is 28.2 Å². The van der Waals surface area contributed by atoms with Gasteiger partial charge >= 0.3 is 0 Å². The Morgan fingerprint density at radius 3 is 2.50 bits per heavy atom. The molecular formula is C16H24BrNO2. The first-order valence-corrected chi connectivity index (χ1v) is 7.82. The minimum Gasteiger partial charge on any atom is -0.487 e. The Morgan fingerprint density at radius 2 is 2.00 bits per heavy atom. The van der Waals surface area contributed by atoms with Gasteiger partial charge in [-0.15, -0.1) is 0 Å². The monoisotopic (exact) mass is 341 g/mol. The van der Waals surface area contributed by atoms with E-state index in [2.05, 4.69) is 43.6 Å². The van der Waals surface area contributed by atoms with Crippen molar-refractivity contribution in [2.24, 2.45) is 5.73 Å². The van der Waals surface area contributed by atoms with Crippen LogP contribution in [-0.2, 0) is 4.74 Å². The molecule has 1 unspecified atom stereocenters. The van der Waals surface area contributed by atoms with E-state index in [1.165, 1.54) is 0 Å². The zero-order valence-corrected chi connectivity index (χ0v) is 14.5. The first-order valence-electron chi connectivity index (χ1n) is 7.02. The van der Waals surface area contributed by atoms with Gasteiger partial charge in [0.05, 0.1) is 5.60 Å². The Kier molecular flexibility index (Phi) is 4.20. The third-order valence-electron chi connectivity index (χ3n) is 3.73. The molecule has 1 fully saturated rings. The molecule has 1 saturated heterocycles. The molecule has 0 saturated carbocycles. The van der Waals surface area contributed by atoms with E-state index in [1.807, 2.05) is 25.1 Å². The van der Waals surface area contributed by atoms with Gasteiger partial charge in [-0.25, -0.2) is 0 Å². The Labute approximate surface area is 130 Å². The minimum absolute atomic E-state index is 0.0179. The molecule has 1 aliphatic heterocycles. The molecule has 2 N–H and O–H groups in total. The van der Waals surface area contributed by atoms with Crippen molar-refractivity contribution < 1.29 is 9.47 Å². The van der Waals surface area contributed by atoms with Crippen LogP contribution < -0.4 is 10.5 Å². The van der Waals surface area contributed by atoms with E-state index in [9.17, 15) is 0 Å². The predicted molar refractivity (Wildman–Crippen MR) is 85.0 cm³/mol. The molecule has 112 valence electrons. The second-order valence-corrected chi connectivity index (χ2v) is 7.66. The molecule has 1 aliphatic rings. The molecular weight excluding hydrogens is 318 g/mol. The maximum atomic E-state index is 6.26. The molecule has 0 aliphatic carbocycles. The summed E-state index contributed by atoms with van der Waals surface area (Å²) in [7, 11) is 0. The summed E-state index contributed by atoms with van der Waals surface area (Å²) in [5.41, 5.74) is 6.59. The molecule has 20 heavy (non-hydrogen) atoms. The van der Waals surface area contributed by atoms with E-state index < -0.39 is 0 Å². The standard InChI is InChI=1S/C16H24BrNO2/c1-10(18)12-7-6-11(17)8-13(12)19-14-9-15(2,3)20-16(14,4)5/h6-8,10,14H,9,18H2,1-5H3/t10-,14?/m0/s1. The lowest BCUT2D eigenvalue weighted by atomic mass is 9.97. The molecule has 1 heterocycles. The summed E-state index contributed by atoms with van der Waals surface area (Å²) in [6.07, 6.45) is 0.884. The van der Waals surface area contributed by atoms with Crippen LogP contribution in [0.3, 0.4) is 0 Å². The maximum Gasteiger partial charge on any atom is 0.130 e. The highest BCUT2D eigenvalue weighted by molar-refractivity contribution is 9.10. The van der Waals surface area contributed by atoms with Crippen LogP contribution in [0.2, 0.25) is 0 Å². The average molecular weight is 342 g/mol. The van der Waals surface area contributed by atoms with E-state index in [-0.39, 0.29) is 23.3 Å². The lowest BCUT2D eigenvalue weighted by Crippen LogP contribution is -2.37. The smallest absolute Gasteiger partial charge is 0.130 e. The first-order chi connectivity index (χ1) is 9.11. The van der Waals surface area contributed by atoms with Crippen molar-refractivity contribution in [1.29, 1.82) is 0 Å². The van der Waals surface area contributed by atoms with Crippen LogP contribution in [0.1, 0.15) is 52.6 Å². The summed E-state index contributed by atoms with van der Waals surface area (Å²) < 4.78 is 13.3. The van der Waals surface area contributed by atoms with E-state index in [1.54, 1.807) is 0 Å². The molecule has 2 atom stereocenters. The number of benzene rings is 1. The molecule has 1 aromatic carbocycles. The predicted octanol–water partition coefficient (Wildman–Crippen LogP) is 4.19. The van der Waals surface area contributed by atoms with Gasteiger partial charge in [0, 0.05) is 22.5 Å². The van der Waals surface area contributed by atoms with Gasteiger partial charge in [-0.2, -0.15) is 0 Å². The van der Waals surface area contributed by atoms with Crippen LogP contribution >= 0.6 is 15.9 Å². The topological polar surface area (TPSA) is 44.5 Å². The quantitative estimate of drug-likeness (QED) is 0.896. The van der Waals surface area contributed by atoms with Gasteiger partial charge in [-0.05, 0) is 46.8 Å². The molecule has 4 heteroatoms. The van der Waals surface area contributed by atoms with Gasteiger partial charge in [0.25, 0.3) is 0 Å². The van der Waals surface area contributed by atoms with Crippen LogP contribution in [0.4, 0.5) is 0 Å². The van der Waals surface area contributed by atoms with Gasteiger partial charge in [-0.3, -0.25) is 0 Å². The van der Waals surface area contributed by atoms with Gasteiger partial charge in [0.1, 0.15) is 17.5 Å². The second kappa shape index (κ2) is 5.32. The molecule has 0 aromatic heterocycles. The molecule has 3 nitrogen and oxygen atoms in total. The molecule has 0 radical (unpaired) electrons. The molecule has 1 aromatic rings. The third-order valence-corrected chi connectivity index (χ3v) is 4.22. The summed E-state index contributed by atoms with van der Waals surface area (Å²) in [4.78, 5) is 0. The van der Waals surface area contributed by atoms with E-state index in [0.717, 1.165) is 22.2 Å². The van der Waals surface area contributed by atoms with Crippen LogP contribution in [0.5, 0.6) is 5.75 Å². The molecule has 0 spiro atoms. The van der Waals surface area contributed by atoms with Crippen molar-refractivity contribution in [3.63, 3.8) is 0 Å². The SMILES string of the molecule is C[C@H](N)c1ccc(Br)cc1OC1CC(C)(C)OC1(C)C. The van der Waals surface area contributed by atoms with Gasteiger partial charge < -0.3 is 15.2 Å². The summed E-state index contributed by atoms with van der Waals surface area (Å²) in [5.74, 6) is 0.841. The average Bonchev–Trinajstić information content (AvgIpc) is 2.46. The highest BCUT2D eigenvalue weighted by Gasteiger charge is 2.47. The summed E-state index contributed by atoms with van der Waals surface area (Å²) in [6.45, 7) is 10.3. The number of hydrogen-bond donors (Lipinski definition) is 1. The van der Waals surface area contributed by atoms with E-state index in [0.29, 0.717) is 0 Å². The lowest BCUT2D eigenvalue weighted by molar-refractivity contribution is -0.0847. The van der Waals surface area contributed by atoms with Crippen molar-refractivity contribution in [3.8, 4) is 5.75 Å². The molecule has 2 rings (SSSR count). The minimum atomic E-state index is -0.305. The Balaban J connectivity index is 2.28. The lowest BCUT2D eigenvalue weighted by Gasteiger charge is -2.28. The Hall–Kier alpha value is -0.580. The van der Waals surface area contributed by atoms with E-state index >= 15 is 0 Å². The second-order valence-electron chi connectivity index (χ2n) is 6.75. The highest BCUT2D eigenvalue weighted by atomic mass is 79.9. The fourth-order valence-electron chi connectivity index (χ4n) is 2.84. The summed E-state index contributed by atoms with van der Waals surface area (Å²) in [5, 5.41) is 0. The maximum absolute atomic E-state index is 6.26. The molecule has 0 bridgehead atoms. The number of ether oxygens (including phenoxy) is 2. The van der Waals surface area contributed by atoms with E-state index in [4.69, 9.17) is 15.2 Å².